The summed E-state index contributed by atoms with van der Waals surface area (Å²) < 4.78 is 40.7. The molecule has 2 fully saturated rings. The van der Waals surface area contributed by atoms with Crippen LogP contribution in [0.5, 0.6) is 5.75 Å². The number of benzene rings is 1. The number of alkyl halides is 3. The van der Waals surface area contributed by atoms with E-state index in [1.807, 2.05) is 0 Å². The van der Waals surface area contributed by atoms with Crippen LogP contribution in [0.15, 0.2) is 29.3 Å². The number of hydrogen-bond donors (Lipinski definition) is 2. The Morgan fingerprint density at radius 3 is 2.53 bits per heavy atom. The summed E-state index contributed by atoms with van der Waals surface area (Å²) in [7, 11) is 0. The van der Waals surface area contributed by atoms with Gasteiger partial charge >= 0.3 is 6.36 Å². The number of rotatable bonds is 5. The molecule has 2 aliphatic heterocycles. The maximum Gasteiger partial charge on any atom is 0.573 e. The van der Waals surface area contributed by atoms with Gasteiger partial charge in [-0.25, -0.2) is 15.3 Å². The number of nitrogens with one attached hydrogen (secondary N) is 2. The smallest absolute Gasteiger partial charge is 0.406 e. The molecule has 0 bridgehead atoms. The molecule has 1 spiro atoms. The normalized spacial score (nSPS) is 22.0. The number of hydroxylamine groups is 1. The summed E-state index contributed by atoms with van der Waals surface area (Å²) in [5.74, 6) is 0.249. The molecule has 10 heteroatoms. The van der Waals surface area contributed by atoms with Crippen LogP contribution in [0.3, 0.4) is 0 Å². The van der Waals surface area contributed by atoms with E-state index in [1.54, 1.807) is 0 Å². The van der Waals surface area contributed by atoms with Crippen molar-refractivity contribution in [3.63, 3.8) is 0 Å². The average Bonchev–Trinajstić information content (AvgIpc) is 3.34. The first-order valence-electron chi connectivity index (χ1n) is 10.2. The highest BCUT2D eigenvalue weighted by atomic mass is 19.4. The van der Waals surface area contributed by atoms with Crippen molar-refractivity contribution in [2.45, 2.75) is 56.7 Å². The largest absolute Gasteiger partial charge is 0.573 e. The molecule has 0 atom stereocenters. The molecule has 0 unspecified atom stereocenters. The maximum absolute atomic E-state index is 12.3. The Labute approximate surface area is 172 Å². The molecule has 2 heterocycles. The van der Waals surface area contributed by atoms with Crippen LogP contribution >= 0.6 is 0 Å². The lowest BCUT2D eigenvalue weighted by Crippen LogP contribution is -2.48. The van der Waals surface area contributed by atoms with Crippen LogP contribution in [0.25, 0.3) is 0 Å². The predicted octanol–water partition coefficient (Wildman–Crippen LogP) is 2.72. The fraction of sp³-hybridized carbons (Fsp3) is 0.600. The lowest BCUT2D eigenvalue weighted by molar-refractivity contribution is -0.274. The molecule has 1 amide bonds. The van der Waals surface area contributed by atoms with E-state index in [4.69, 9.17) is 4.84 Å². The Hall–Kier alpha value is -2.33. The molecule has 1 saturated heterocycles. The molecule has 4 rings (SSSR count). The van der Waals surface area contributed by atoms with Crippen LogP contribution in [0.2, 0.25) is 0 Å². The molecule has 0 aromatic heterocycles. The number of aliphatic imine (C=N–C) groups is 1. The first kappa shape index (κ1) is 20.9. The van der Waals surface area contributed by atoms with Crippen molar-refractivity contribution in [1.29, 1.82) is 0 Å². The van der Waals surface area contributed by atoms with Crippen molar-refractivity contribution >= 4 is 11.7 Å². The summed E-state index contributed by atoms with van der Waals surface area (Å²) in [6, 6.07) is 5.79. The first-order chi connectivity index (χ1) is 14.3. The minimum Gasteiger partial charge on any atom is -0.406 e. The number of carbonyl (C=O) groups excluding carboxylic acids is 1. The number of carbonyl (C=O) groups is 1. The minimum atomic E-state index is -4.72. The van der Waals surface area contributed by atoms with Gasteiger partial charge in [0.1, 0.15) is 5.75 Å². The van der Waals surface area contributed by atoms with Crippen molar-refractivity contribution in [3.8, 4) is 5.75 Å². The van der Waals surface area contributed by atoms with Crippen molar-refractivity contribution in [3.05, 3.63) is 29.8 Å². The minimum absolute atomic E-state index is 0.0636. The van der Waals surface area contributed by atoms with Gasteiger partial charge in [-0.3, -0.25) is 9.69 Å². The monoisotopic (exact) mass is 426 g/mol. The van der Waals surface area contributed by atoms with E-state index in [1.165, 1.54) is 37.1 Å². The molecule has 2 N–H and O–H groups in total. The maximum atomic E-state index is 12.3. The SMILES string of the molecule is O=C(CN1CCC2(CC1)N=C(c1ccc(OC(F)(F)F)cc1)NO2)NC1CCCC1. The summed E-state index contributed by atoms with van der Waals surface area (Å²) in [5, 5.41) is 3.10. The highest BCUT2D eigenvalue weighted by Gasteiger charge is 2.41. The Morgan fingerprint density at radius 2 is 1.90 bits per heavy atom. The van der Waals surface area contributed by atoms with Gasteiger partial charge in [0.25, 0.3) is 0 Å². The Bertz CT molecular complexity index is 783. The van der Waals surface area contributed by atoms with Crippen LogP contribution in [0.4, 0.5) is 13.2 Å². The molecule has 1 aliphatic carbocycles. The predicted molar refractivity (Wildman–Crippen MR) is 103 cm³/mol. The number of amides is 1. The van der Waals surface area contributed by atoms with E-state index in [2.05, 4.69) is 25.4 Å². The van der Waals surface area contributed by atoms with Gasteiger partial charge in [0.15, 0.2) is 11.6 Å². The van der Waals surface area contributed by atoms with E-state index >= 15 is 0 Å². The van der Waals surface area contributed by atoms with Gasteiger partial charge < -0.3 is 10.1 Å². The van der Waals surface area contributed by atoms with Crippen molar-refractivity contribution in [1.82, 2.24) is 15.7 Å². The van der Waals surface area contributed by atoms with Gasteiger partial charge in [-0.1, -0.05) is 12.8 Å². The Kier molecular flexibility index (Phi) is 5.88. The van der Waals surface area contributed by atoms with E-state index in [-0.39, 0.29) is 11.7 Å². The number of nitrogens with zero attached hydrogens (tertiary/aromatic N) is 2. The van der Waals surface area contributed by atoms with Gasteiger partial charge in [0.05, 0.1) is 6.54 Å². The van der Waals surface area contributed by atoms with Gasteiger partial charge in [-0.2, -0.15) is 0 Å². The molecular weight excluding hydrogens is 401 g/mol. The second kappa shape index (κ2) is 8.43. The highest BCUT2D eigenvalue weighted by molar-refractivity contribution is 5.99. The van der Waals surface area contributed by atoms with E-state index in [9.17, 15) is 18.0 Å². The van der Waals surface area contributed by atoms with E-state index in [0.717, 1.165) is 12.8 Å². The summed E-state index contributed by atoms with van der Waals surface area (Å²) >= 11 is 0. The first-order valence-corrected chi connectivity index (χ1v) is 10.2. The molecule has 1 aromatic rings. The lowest BCUT2D eigenvalue weighted by atomic mass is 10.0. The van der Waals surface area contributed by atoms with Crippen molar-refractivity contribution in [2.24, 2.45) is 4.99 Å². The van der Waals surface area contributed by atoms with Crippen LogP contribution in [0.1, 0.15) is 44.1 Å². The van der Waals surface area contributed by atoms with Crippen LogP contribution in [-0.4, -0.2) is 54.4 Å². The molecule has 164 valence electrons. The summed E-state index contributed by atoms with van der Waals surface area (Å²) in [4.78, 5) is 24.7. The third-order valence-corrected chi connectivity index (χ3v) is 5.74. The van der Waals surface area contributed by atoms with Crippen molar-refractivity contribution in [2.75, 3.05) is 19.6 Å². The molecule has 3 aliphatic rings. The van der Waals surface area contributed by atoms with Gasteiger partial charge in [-0.05, 0) is 37.1 Å². The molecular formula is C20H25F3N4O3. The fourth-order valence-electron chi connectivity index (χ4n) is 4.15. The van der Waals surface area contributed by atoms with Gasteiger partial charge in [-0.15, -0.1) is 13.2 Å². The number of halogens is 3. The number of piperidine rings is 1. The molecule has 30 heavy (non-hydrogen) atoms. The number of amidine groups is 1. The molecule has 1 aromatic carbocycles. The molecule has 1 saturated carbocycles. The zero-order valence-corrected chi connectivity index (χ0v) is 16.5. The summed E-state index contributed by atoms with van der Waals surface area (Å²) in [6.45, 7) is 1.72. The third-order valence-electron chi connectivity index (χ3n) is 5.74. The summed E-state index contributed by atoms with van der Waals surface area (Å²) in [6.07, 6.45) is 1.01. The number of likely N-dealkylation sites (tertiary alicyclic amines) is 1. The third kappa shape index (κ3) is 5.23. The quantitative estimate of drug-likeness (QED) is 0.758. The second-order valence-electron chi connectivity index (χ2n) is 8.01. The standard InChI is InChI=1S/C20H25F3N4O3/c21-20(22,23)29-16-7-5-14(6-8-16)18-25-19(30-26-18)9-11-27(12-10-19)13-17(28)24-15-3-1-2-4-15/h5-8,15H,1-4,9-13H2,(H,24,28)(H,25,26). The fourth-order valence-corrected chi connectivity index (χ4v) is 4.15. The number of hydrogen-bond acceptors (Lipinski definition) is 6. The van der Waals surface area contributed by atoms with Crippen LogP contribution < -0.4 is 15.5 Å². The van der Waals surface area contributed by atoms with E-state index in [0.29, 0.717) is 49.9 Å². The lowest BCUT2D eigenvalue weighted by Gasteiger charge is -2.35. The zero-order valence-electron chi connectivity index (χ0n) is 16.5. The molecule has 0 radical (unpaired) electrons. The average molecular weight is 426 g/mol. The topological polar surface area (TPSA) is 75.2 Å². The van der Waals surface area contributed by atoms with Crippen LogP contribution in [0, 0.1) is 0 Å². The second-order valence-corrected chi connectivity index (χ2v) is 8.01. The van der Waals surface area contributed by atoms with Crippen molar-refractivity contribution < 1.29 is 27.5 Å². The zero-order chi connectivity index (χ0) is 21.2. The van der Waals surface area contributed by atoms with Crippen LogP contribution in [-0.2, 0) is 9.63 Å². The summed E-state index contributed by atoms with van der Waals surface area (Å²) in [5.41, 5.74) is 2.69. The van der Waals surface area contributed by atoms with E-state index < -0.39 is 12.1 Å². The van der Waals surface area contributed by atoms with Gasteiger partial charge in [0, 0.05) is 37.5 Å². The Balaban J connectivity index is 1.29. The van der Waals surface area contributed by atoms with Gasteiger partial charge in [0.2, 0.25) is 5.91 Å². The Morgan fingerprint density at radius 1 is 1.23 bits per heavy atom. The highest BCUT2D eigenvalue weighted by Crippen LogP contribution is 2.31. The number of ether oxygens (including phenoxy) is 1. The molecule has 7 nitrogen and oxygen atoms in total.